The van der Waals surface area contributed by atoms with Crippen molar-refractivity contribution in [2.24, 2.45) is 0 Å². The third-order valence-electron chi connectivity index (χ3n) is 7.06. The number of aromatic amines is 1. The Labute approximate surface area is 257 Å². The molecular weight excluding hydrogens is 570 g/mol. The number of nitrogens with zero attached hydrogens (tertiary/aromatic N) is 1. The van der Waals surface area contributed by atoms with Crippen LogP contribution in [0.2, 0.25) is 5.02 Å². The quantitative estimate of drug-likeness (QED) is 0.162. The van der Waals surface area contributed by atoms with E-state index in [0.29, 0.717) is 53.5 Å². The molecule has 0 spiro atoms. The number of aliphatic hydroxyl groups is 1. The fourth-order valence-electron chi connectivity index (χ4n) is 5.34. The fraction of sp³-hybridized carbons (Fsp3) is 0.394. The highest BCUT2D eigenvalue weighted by atomic mass is 35.5. The summed E-state index contributed by atoms with van der Waals surface area (Å²) >= 11 is 6.73. The molecule has 2 heterocycles. The smallest absolute Gasteiger partial charge is 0.407 e. The highest BCUT2D eigenvalue weighted by molar-refractivity contribution is 6.33. The number of hydrogen-bond acceptors (Lipinski definition) is 6. The number of methoxy groups -OCH3 is 1. The summed E-state index contributed by atoms with van der Waals surface area (Å²) in [7, 11) is 1.58. The average Bonchev–Trinajstić information content (AvgIpc) is 3.50. The first kappa shape index (κ1) is 32.0. The molecule has 0 saturated heterocycles. The Morgan fingerprint density at radius 2 is 1.86 bits per heavy atom. The van der Waals surface area contributed by atoms with Gasteiger partial charge in [0.2, 0.25) is 0 Å². The number of amides is 1. The van der Waals surface area contributed by atoms with E-state index >= 15 is 0 Å². The summed E-state index contributed by atoms with van der Waals surface area (Å²) in [6.45, 7) is 10.2. The van der Waals surface area contributed by atoms with E-state index in [-0.39, 0.29) is 13.2 Å². The Bertz CT molecular complexity index is 1620. The van der Waals surface area contributed by atoms with Gasteiger partial charge in [-0.05, 0) is 70.0 Å². The molecule has 2 aromatic carbocycles. The summed E-state index contributed by atoms with van der Waals surface area (Å²) in [4.78, 5) is 28.9. The van der Waals surface area contributed by atoms with Crippen LogP contribution in [0.25, 0.3) is 33.3 Å². The Hall–Kier alpha value is -3.95. The topological polar surface area (TPSA) is 115 Å². The molecule has 0 saturated carbocycles. The van der Waals surface area contributed by atoms with Crippen molar-refractivity contribution >= 4 is 34.6 Å². The third-order valence-corrected chi connectivity index (χ3v) is 7.37. The molecule has 2 aromatic heterocycles. The number of aromatic nitrogens is 2. The van der Waals surface area contributed by atoms with Gasteiger partial charge >= 0.3 is 12.1 Å². The van der Waals surface area contributed by atoms with E-state index in [9.17, 15) is 14.7 Å². The first-order chi connectivity index (χ1) is 20.5. The number of ether oxygens (including phenoxy) is 3. The van der Waals surface area contributed by atoms with Gasteiger partial charge in [-0.15, -0.1) is 0 Å². The van der Waals surface area contributed by atoms with Crippen LogP contribution in [0, 0.1) is 0 Å². The van der Waals surface area contributed by atoms with Crippen LogP contribution >= 0.6 is 11.6 Å². The van der Waals surface area contributed by atoms with Crippen LogP contribution in [0.4, 0.5) is 4.79 Å². The maximum atomic E-state index is 13.3. The van der Waals surface area contributed by atoms with E-state index in [1.807, 2.05) is 58.0 Å². The predicted molar refractivity (Wildman–Crippen MR) is 169 cm³/mol. The number of halogens is 1. The zero-order valence-electron chi connectivity index (χ0n) is 25.6. The number of carbonyl (C=O) groups is 2. The molecule has 0 aliphatic heterocycles. The second-order valence-electron chi connectivity index (χ2n) is 11.1. The molecule has 0 unspecified atom stereocenters. The van der Waals surface area contributed by atoms with Crippen molar-refractivity contribution in [1.29, 1.82) is 0 Å². The van der Waals surface area contributed by atoms with Crippen molar-refractivity contribution in [3.63, 3.8) is 0 Å². The molecule has 0 atom stereocenters. The standard InChI is InChI=1S/C33H40ClN3O6/c1-7-22-28(24-13-12-21(41-6)19-26(24)34)30(31(39)42-8-2)36-29(22)23-10-9-11-27-25(23)18-20(37(27)16-17-38)14-15-35-32(40)43-33(3,4)5/h9-13,18-19,36,38H,7-8,14-17H2,1-6H3,(H,35,40). The van der Waals surface area contributed by atoms with Gasteiger partial charge in [-0.1, -0.05) is 30.7 Å². The van der Waals surface area contributed by atoms with E-state index in [1.54, 1.807) is 20.1 Å². The van der Waals surface area contributed by atoms with E-state index in [0.717, 1.165) is 33.4 Å². The van der Waals surface area contributed by atoms with Crippen LogP contribution in [-0.4, -0.2) is 59.2 Å². The molecule has 4 rings (SSSR count). The average molecular weight is 610 g/mol. The van der Waals surface area contributed by atoms with Gasteiger partial charge < -0.3 is 34.2 Å². The van der Waals surface area contributed by atoms with Crippen LogP contribution in [0.3, 0.4) is 0 Å². The SMILES string of the molecule is CCOC(=O)c1[nH]c(-c2cccc3c2cc(CCNC(=O)OC(C)(C)C)n3CCO)c(CC)c1-c1ccc(OC)cc1Cl. The lowest BCUT2D eigenvalue weighted by atomic mass is 9.95. The van der Waals surface area contributed by atoms with E-state index in [1.165, 1.54) is 0 Å². The second-order valence-corrected chi connectivity index (χ2v) is 11.5. The molecule has 43 heavy (non-hydrogen) atoms. The van der Waals surface area contributed by atoms with Gasteiger partial charge in [0.05, 0.1) is 31.0 Å². The summed E-state index contributed by atoms with van der Waals surface area (Å²) in [5, 5.41) is 14.1. The van der Waals surface area contributed by atoms with Crippen LogP contribution in [0.15, 0.2) is 42.5 Å². The highest BCUT2D eigenvalue weighted by Gasteiger charge is 2.27. The normalized spacial score (nSPS) is 11.5. The zero-order chi connectivity index (χ0) is 31.3. The van der Waals surface area contributed by atoms with Gasteiger partial charge in [0.25, 0.3) is 0 Å². The fourth-order valence-corrected chi connectivity index (χ4v) is 5.60. The van der Waals surface area contributed by atoms with Crippen molar-refractivity contribution in [2.45, 2.75) is 59.6 Å². The molecule has 4 aromatic rings. The first-order valence-corrected chi connectivity index (χ1v) is 14.9. The van der Waals surface area contributed by atoms with E-state index in [4.69, 9.17) is 25.8 Å². The summed E-state index contributed by atoms with van der Waals surface area (Å²) in [5.41, 5.74) is 5.61. The summed E-state index contributed by atoms with van der Waals surface area (Å²) in [5.74, 6) is 0.146. The first-order valence-electron chi connectivity index (χ1n) is 14.5. The number of alkyl carbamates (subject to hydrolysis) is 1. The number of hydrogen-bond donors (Lipinski definition) is 3. The lowest BCUT2D eigenvalue weighted by molar-refractivity contribution is 0.0513. The van der Waals surface area contributed by atoms with Crippen LogP contribution < -0.4 is 10.1 Å². The summed E-state index contributed by atoms with van der Waals surface area (Å²) < 4.78 is 18.2. The minimum absolute atomic E-state index is 0.0453. The number of carbonyl (C=O) groups excluding carboxylic acids is 2. The molecule has 0 fully saturated rings. The molecule has 10 heteroatoms. The lowest BCUT2D eigenvalue weighted by Gasteiger charge is -2.19. The summed E-state index contributed by atoms with van der Waals surface area (Å²) in [6, 6.07) is 13.4. The largest absolute Gasteiger partial charge is 0.497 e. The molecule has 0 aliphatic rings. The second kappa shape index (κ2) is 13.6. The van der Waals surface area contributed by atoms with Crippen LogP contribution in [0.5, 0.6) is 5.75 Å². The lowest BCUT2D eigenvalue weighted by Crippen LogP contribution is -2.33. The Kier molecular flexibility index (Phi) is 10.1. The molecule has 0 aliphatic carbocycles. The molecule has 3 N–H and O–H groups in total. The van der Waals surface area contributed by atoms with E-state index in [2.05, 4.69) is 20.9 Å². The number of nitrogens with one attached hydrogen (secondary N) is 2. The minimum atomic E-state index is -0.588. The van der Waals surface area contributed by atoms with Crippen molar-refractivity contribution in [1.82, 2.24) is 14.9 Å². The number of aliphatic hydroxyl groups excluding tert-OH is 1. The molecule has 9 nitrogen and oxygen atoms in total. The number of H-pyrrole nitrogens is 1. The van der Waals surface area contributed by atoms with Gasteiger partial charge in [0.1, 0.15) is 17.0 Å². The Morgan fingerprint density at radius 3 is 2.49 bits per heavy atom. The zero-order valence-corrected chi connectivity index (χ0v) is 26.4. The minimum Gasteiger partial charge on any atom is -0.497 e. The summed E-state index contributed by atoms with van der Waals surface area (Å²) in [6.07, 6.45) is 0.663. The molecule has 1 amide bonds. The molecule has 230 valence electrons. The van der Waals surface area contributed by atoms with Gasteiger partial charge in [-0.25, -0.2) is 9.59 Å². The van der Waals surface area contributed by atoms with E-state index < -0.39 is 17.7 Å². The van der Waals surface area contributed by atoms with Crippen molar-refractivity contribution in [2.75, 3.05) is 26.9 Å². The number of esters is 1. The van der Waals surface area contributed by atoms with Crippen molar-refractivity contribution in [3.8, 4) is 28.1 Å². The predicted octanol–water partition coefficient (Wildman–Crippen LogP) is 6.76. The van der Waals surface area contributed by atoms with Crippen LogP contribution in [-0.2, 0) is 28.9 Å². The molecule has 0 radical (unpaired) electrons. The van der Waals surface area contributed by atoms with Gasteiger partial charge in [-0.3, -0.25) is 0 Å². The molecule has 0 bridgehead atoms. The maximum Gasteiger partial charge on any atom is 0.407 e. The van der Waals surface area contributed by atoms with Crippen molar-refractivity contribution < 1.29 is 28.9 Å². The van der Waals surface area contributed by atoms with Crippen molar-refractivity contribution in [3.05, 3.63) is 64.4 Å². The van der Waals surface area contributed by atoms with Gasteiger partial charge in [-0.2, -0.15) is 0 Å². The number of rotatable bonds is 11. The number of benzene rings is 2. The highest BCUT2D eigenvalue weighted by Crippen LogP contribution is 2.42. The van der Waals surface area contributed by atoms with Crippen LogP contribution in [0.1, 0.15) is 56.4 Å². The Morgan fingerprint density at radius 1 is 1.09 bits per heavy atom. The Balaban J connectivity index is 1.84. The maximum absolute atomic E-state index is 13.3. The van der Waals surface area contributed by atoms with Gasteiger partial charge in [0, 0.05) is 52.8 Å². The number of fused-ring (bicyclic) bond motifs is 1. The monoisotopic (exact) mass is 609 g/mol. The third kappa shape index (κ3) is 7.00. The molecular formula is C33H40ClN3O6. The van der Waals surface area contributed by atoms with Gasteiger partial charge in [0.15, 0.2) is 0 Å².